The molecule has 2 bridgehead atoms. The van der Waals surface area contributed by atoms with Gasteiger partial charge in [0, 0.05) is 77.9 Å². The van der Waals surface area contributed by atoms with Gasteiger partial charge in [0.15, 0.2) is 13.2 Å². The summed E-state index contributed by atoms with van der Waals surface area (Å²) in [6, 6.07) is -1.18. The van der Waals surface area contributed by atoms with Gasteiger partial charge in [-0.1, -0.05) is 71.1 Å². The number of ether oxygens (including phenoxy) is 7. The van der Waals surface area contributed by atoms with Crippen LogP contribution in [0.3, 0.4) is 0 Å². The molecule has 5 rings (SSSR count). The maximum atomic E-state index is 14.6. The second-order valence-corrected chi connectivity index (χ2v) is 26.0. The molecule has 4 fully saturated rings. The number of nitrogens with zero attached hydrogens (tertiary/aromatic N) is 1. The molecule has 1 saturated carbocycles. The molecule has 2 N–H and O–H groups in total. The number of carbonyl (C=O) groups is 5. The van der Waals surface area contributed by atoms with Gasteiger partial charge in [-0.05, 0) is 120 Å². The van der Waals surface area contributed by atoms with Crippen molar-refractivity contribution in [3.63, 3.8) is 0 Å². The number of allylic oxidation sites excluding steroid dienone is 6. The molecule has 17 nitrogen and oxygen atoms in total. The summed E-state index contributed by atoms with van der Waals surface area (Å²) in [5, 5.41) is 23.8. The molecule has 5 aliphatic rings. The Hall–Kier alpha value is -3.22. The first-order valence-electron chi connectivity index (χ1n) is 28.5. The highest BCUT2D eigenvalue weighted by atomic mass is 31.2. The summed E-state index contributed by atoms with van der Waals surface area (Å²) in [5.41, 5.74) is 1.24. The maximum absolute atomic E-state index is 14.6. The number of fused-ring (bicyclic) bond motifs is 3. The average Bonchev–Trinajstić information content (AvgIpc) is 3.41. The van der Waals surface area contributed by atoms with Crippen LogP contribution in [0.4, 0.5) is 0 Å². The second-order valence-electron chi connectivity index (χ2n) is 23.2. The summed E-state index contributed by atoms with van der Waals surface area (Å²) in [5.74, 6) is -8.30. The number of amides is 1. The number of aliphatic hydroxyl groups excluding tert-OH is 1. The van der Waals surface area contributed by atoms with Gasteiger partial charge in [0.2, 0.25) is 5.79 Å². The van der Waals surface area contributed by atoms with Crippen molar-refractivity contribution < 1.29 is 76.4 Å². The zero-order chi connectivity index (χ0) is 56.6. The van der Waals surface area contributed by atoms with Crippen molar-refractivity contribution >= 4 is 36.6 Å². The van der Waals surface area contributed by atoms with Gasteiger partial charge in [-0.2, -0.15) is 0 Å². The lowest BCUT2D eigenvalue weighted by Crippen LogP contribution is -2.61. The molecular formula is C59H94NO16P. The number of hydrogen-bond donors (Lipinski definition) is 2. The number of piperidine rings is 1. The van der Waals surface area contributed by atoms with Crippen LogP contribution in [0, 0.1) is 35.5 Å². The summed E-state index contributed by atoms with van der Waals surface area (Å²) >= 11 is 0. The molecule has 1 aliphatic carbocycles. The molecule has 0 aromatic heterocycles. The van der Waals surface area contributed by atoms with E-state index in [0.717, 1.165) is 24.8 Å². The predicted octanol–water partition coefficient (Wildman–Crippen LogP) is 8.31. The molecule has 18 heteroatoms. The maximum Gasteiger partial charge on any atom is 0.329 e. The summed E-state index contributed by atoms with van der Waals surface area (Å²) in [6.45, 7) is 17.8. The molecule has 0 aromatic carbocycles. The Labute approximate surface area is 459 Å². The fourth-order valence-electron chi connectivity index (χ4n) is 11.7. The monoisotopic (exact) mass is 1100 g/mol. The van der Waals surface area contributed by atoms with Gasteiger partial charge in [-0.3, -0.25) is 23.7 Å². The first kappa shape index (κ1) is 64.6. The number of ketones is 3. The van der Waals surface area contributed by atoms with E-state index < -0.39 is 85.1 Å². The zero-order valence-electron chi connectivity index (χ0n) is 48.1. The van der Waals surface area contributed by atoms with Crippen molar-refractivity contribution in [3.8, 4) is 0 Å². The standard InChI is InChI=1S/C59H94NO16P/c1-37-17-13-12-14-18-38(2)50(73-30-29-72-45-24-27-71-28-25-45)35-46-22-20-43(7)59(67,75-46)56(64)57(65)60-26-16-15-19-47(60)58(66)74-51(40(4)33-44-21-23-49(52(34-44)69-8)76-77(10,11)68)36-48(61)39(3)32-42(6)54(63)55(70-9)53(62)41(5)31-37/h12-14,17-18,32,37,39-41,43-47,49-52,54-55,63,67H,15-16,19-31,33-36H2,1-11H3/b14-12+,17-13+,38-18+,42-32+/t37-,39-,40-,41-,43-,44+,46+,47+,49-,50?,51+,52-,54-,55+,59-/m1/s1. The Morgan fingerprint density at radius 3 is 2.23 bits per heavy atom. The Balaban J connectivity index is 1.46. The highest BCUT2D eigenvalue weighted by Gasteiger charge is 2.53. The van der Waals surface area contributed by atoms with E-state index in [1.807, 2.05) is 58.1 Å². The van der Waals surface area contributed by atoms with Crippen LogP contribution in [0.5, 0.6) is 0 Å². The van der Waals surface area contributed by atoms with Crippen LogP contribution in [0.25, 0.3) is 0 Å². The second kappa shape index (κ2) is 30.6. The highest BCUT2D eigenvalue weighted by molar-refractivity contribution is 7.57. The molecule has 0 aromatic rings. The quantitative estimate of drug-likeness (QED) is 0.0617. The lowest BCUT2D eigenvalue weighted by atomic mass is 9.78. The molecule has 3 saturated heterocycles. The van der Waals surface area contributed by atoms with Crippen molar-refractivity contribution in [2.75, 3.05) is 60.5 Å². The molecule has 15 atom stereocenters. The highest BCUT2D eigenvalue weighted by Crippen LogP contribution is 2.45. The van der Waals surface area contributed by atoms with Gasteiger partial charge in [-0.15, -0.1) is 0 Å². The van der Waals surface area contributed by atoms with Crippen molar-refractivity contribution in [1.29, 1.82) is 0 Å². The van der Waals surface area contributed by atoms with Crippen LogP contribution in [0.2, 0.25) is 0 Å². The number of carbonyl (C=O) groups excluding carboxylic acids is 5. The molecule has 4 heterocycles. The van der Waals surface area contributed by atoms with Crippen LogP contribution in [-0.2, 0) is 66.2 Å². The summed E-state index contributed by atoms with van der Waals surface area (Å²) in [4.78, 5) is 73.1. The van der Waals surface area contributed by atoms with E-state index in [1.54, 1.807) is 47.3 Å². The van der Waals surface area contributed by atoms with E-state index in [1.165, 1.54) is 12.0 Å². The SMILES string of the molecule is CO[C@@H]1C[C@H](C[C@@H](C)[C@@H]2CC(=O)[C@H](C)/C=C(\C)[C@@H](O)[C@@H](OC)C(=O)[C@H](C)C[C@H](C)/C=C/C=C/C=C(\C)C(OCCOC3CCOCC3)C[C@@H]3CC[C@@H](C)[C@@](O)(O3)C(=O)C(=O)N3CCCC[C@H]3C(=O)O2)CC[C@H]1OP(C)(C)=O. The van der Waals surface area contributed by atoms with E-state index in [9.17, 15) is 38.8 Å². The van der Waals surface area contributed by atoms with Gasteiger partial charge in [0.1, 0.15) is 30.1 Å². The van der Waals surface area contributed by atoms with Gasteiger partial charge >= 0.3 is 5.97 Å². The summed E-state index contributed by atoms with van der Waals surface area (Å²) in [7, 11) is 0.175. The normalized spacial score (nSPS) is 37.6. The van der Waals surface area contributed by atoms with Gasteiger partial charge < -0.3 is 52.8 Å². The number of Topliss-reactive ketones (excluding diaryl/α,β-unsaturated/α-hetero) is 3. The third kappa shape index (κ3) is 18.9. The lowest BCUT2D eigenvalue weighted by Gasteiger charge is -2.43. The Morgan fingerprint density at radius 2 is 1.55 bits per heavy atom. The molecule has 0 spiro atoms. The van der Waals surface area contributed by atoms with Gasteiger partial charge in [0.05, 0.1) is 43.7 Å². The summed E-state index contributed by atoms with van der Waals surface area (Å²) in [6.07, 6.45) is 12.8. The molecule has 0 radical (unpaired) electrons. The van der Waals surface area contributed by atoms with Crippen molar-refractivity contribution in [2.24, 2.45) is 35.5 Å². The minimum Gasteiger partial charge on any atom is -0.460 e. The molecule has 4 aliphatic heterocycles. The smallest absolute Gasteiger partial charge is 0.329 e. The Kier molecular flexibility index (Phi) is 25.6. The van der Waals surface area contributed by atoms with E-state index in [4.69, 9.17) is 37.7 Å². The number of rotatable bonds is 12. The fourth-order valence-corrected chi connectivity index (χ4v) is 12.6. The number of cyclic esters (lactones) is 1. The van der Waals surface area contributed by atoms with Gasteiger partial charge in [-0.25, -0.2) is 4.79 Å². The number of esters is 1. The number of methoxy groups -OCH3 is 2. The van der Waals surface area contributed by atoms with E-state index in [0.29, 0.717) is 76.8 Å². The predicted molar refractivity (Wildman–Crippen MR) is 292 cm³/mol. The molecular weight excluding hydrogens is 1010 g/mol. The Bertz CT molecular complexity index is 2130. The van der Waals surface area contributed by atoms with Gasteiger partial charge in [0.25, 0.3) is 11.7 Å². The van der Waals surface area contributed by atoms with Crippen molar-refractivity contribution in [3.05, 3.63) is 47.6 Å². The van der Waals surface area contributed by atoms with E-state index in [2.05, 4.69) is 0 Å². The third-order valence-corrected chi connectivity index (χ3v) is 17.3. The van der Waals surface area contributed by atoms with E-state index in [-0.39, 0.29) is 80.0 Å². The first-order chi connectivity index (χ1) is 36.5. The fraction of sp³-hybridized carbons (Fsp3) is 0.780. The zero-order valence-corrected chi connectivity index (χ0v) is 49.0. The van der Waals surface area contributed by atoms with Crippen LogP contribution in [-0.4, -0.2) is 166 Å². The largest absolute Gasteiger partial charge is 0.460 e. The minimum atomic E-state index is -2.80. The molecule has 1 amide bonds. The third-order valence-electron chi connectivity index (χ3n) is 16.5. The number of hydrogen-bond acceptors (Lipinski definition) is 16. The van der Waals surface area contributed by atoms with E-state index >= 15 is 0 Å². The topological polar surface area (TPSA) is 220 Å². The van der Waals surface area contributed by atoms with Crippen LogP contribution in [0.1, 0.15) is 138 Å². The average molecular weight is 1100 g/mol. The number of aliphatic hydroxyl groups is 2. The summed E-state index contributed by atoms with van der Waals surface area (Å²) < 4.78 is 60.8. The van der Waals surface area contributed by atoms with Crippen molar-refractivity contribution in [1.82, 2.24) is 4.90 Å². The molecule has 77 heavy (non-hydrogen) atoms. The lowest BCUT2D eigenvalue weighted by molar-refractivity contribution is -0.266. The van der Waals surface area contributed by atoms with Crippen LogP contribution < -0.4 is 0 Å². The Morgan fingerprint density at radius 1 is 0.831 bits per heavy atom. The van der Waals surface area contributed by atoms with Crippen LogP contribution in [0.15, 0.2) is 47.6 Å². The van der Waals surface area contributed by atoms with Crippen LogP contribution >= 0.6 is 7.37 Å². The molecule has 436 valence electrons. The van der Waals surface area contributed by atoms with Crippen molar-refractivity contribution in [2.45, 2.75) is 199 Å². The first-order valence-corrected chi connectivity index (χ1v) is 31.0. The minimum absolute atomic E-state index is 0.0114. The molecule has 1 unspecified atom stereocenters.